The number of carbonyl (C=O) groups excluding carboxylic acids is 1. The Balaban J connectivity index is 2.90. The number of ketones is 1. The Morgan fingerprint density at radius 3 is 2.38 bits per heavy atom. The molecular weight excluding hydrogens is 221 g/mol. The number of benzene rings is 1. The van der Waals surface area contributed by atoms with Crippen LogP contribution in [0.3, 0.4) is 0 Å². The van der Waals surface area contributed by atoms with E-state index in [1.54, 1.807) is 6.92 Å². The number of Topliss-reactive ketones (excluding diaryl/α,β-unsaturated/α-hetero) is 1. The molecule has 0 aliphatic rings. The molecule has 0 saturated carbocycles. The van der Waals surface area contributed by atoms with Gasteiger partial charge in [-0.05, 0) is 18.1 Å². The molecule has 0 radical (unpaired) electrons. The van der Waals surface area contributed by atoms with Crippen molar-refractivity contribution in [3.8, 4) is 0 Å². The highest BCUT2D eigenvalue weighted by molar-refractivity contribution is 5.84. The minimum absolute atomic E-state index is 0.199. The lowest BCUT2D eigenvalue weighted by molar-refractivity contribution is -0.126. The van der Waals surface area contributed by atoms with Gasteiger partial charge in [-0.15, -0.1) is 0 Å². The van der Waals surface area contributed by atoms with E-state index in [9.17, 15) is 18.0 Å². The van der Waals surface area contributed by atoms with Gasteiger partial charge in [0.1, 0.15) is 11.9 Å². The first-order valence-corrected chi connectivity index (χ1v) is 4.80. The fraction of sp³-hybridized carbons (Fsp3) is 0.364. The first-order chi connectivity index (χ1) is 7.45. The van der Waals surface area contributed by atoms with Gasteiger partial charge >= 0.3 is 0 Å². The van der Waals surface area contributed by atoms with Crippen molar-refractivity contribution in [2.24, 2.45) is 0 Å². The van der Waals surface area contributed by atoms with Crippen LogP contribution in [0.5, 0.6) is 0 Å². The Kier molecular flexibility index (Phi) is 4.06. The van der Waals surface area contributed by atoms with Crippen molar-refractivity contribution in [3.63, 3.8) is 0 Å². The number of carbonyl (C=O) groups is 1. The summed E-state index contributed by atoms with van der Waals surface area (Å²) >= 11 is 0. The van der Waals surface area contributed by atoms with Crippen LogP contribution in [0.2, 0.25) is 0 Å². The lowest BCUT2D eigenvalue weighted by atomic mass is 10.0. The molecule has 0 aliphatic carbocycles. The summed E-state index contributed by atoms with van der Waals surface area (Å²) in [7, 11) is 0. The van der Waals surface area contributed by atoms with Crippen LogP contribution in [-0.2, 0) is 11.2 Å². The van der Waals surface area contributed by atoms with E-state index in [0.29, 0.717) is 12.1 Å². The van der Waals surface area contributed by atoms with Crippen LogP contribution in [0.25, 0.3) is 0 Å². The first-order valence-electron chi connectivity index (χ1n) is 4.80. The summed E-state index contributed by atoms with van der Waals surface area (Å²) in [5, 5.41) is 9.16. The molecule has 0 spiro atoms. The standard InChI is InChI=1S/C11H11F3O2/c1-2-10(15)11(16)4-6-3-8(13)9(14)5-7(6)12/h3,5,10,15H,2,4H2,1H3. The molecule has 88 valence electrons. The minimum atomic E-state index is -1.30. The molecule has 1 aromatic carbocycles. The first kappa shape index (κ1) is 12.7. The van der Waals surface area contributed by atoms with Gasteiger partial charge in [0.25, 0.3) is 0 Å². The van der Waals surface area contributed by atoms with Gasteiger partial charge in [0.2, 0.25) is 0 Å². The van der Waals surface area contributed by atoms with Crippen LogP contribution in [0, 0.1) is 17.5 Å². The van der Waals surface area contributed by atoms with E-state index in [2.05, 4.69) is 0 Å². The zero-order valence-corrected chi connectivity index (χ0v) is 8.64. The highest BCUT2D eigenvalue weighted by atomic mass is 19.2. The van der Waals surface area contributed by atoms with Gasteiger partial charge < -0.3 is 5.11 Å². The molecule has 0 bridgehead atoms. The normalized spacial score (nSPS) is 12.6. The van der Waals surface area contributed by atoms with Crippen LogP contribution in [-0.4, -0.2) is 17.0 Å². The lowest BCUT2D eigenvalue weighted by Gasteiger charge is -2.07. The highest BCUT2D eigenvalue weighted by Crippen LogP contribution is 2.15. The summed E-state index contributed by atoms with van der Waals surface area (Å²) in [4.78, 5) is 11.3. The van der Waals surface area contributed by atoms with E-state index in [-0.39, 0.29) is 12.0 Å². The number of hydrogen-bond donors (Lipinski definition) is 1. The van der Waals surface area contributed by atoms with Crippen molar-refractivity contribution in [2.45, 2.75) is 25.9 Å². The third-order valence-electron chi connectivity index (χ3n) is 2.21. The Morgan fingerprint density at radius 2 is 1.81 bits per heavy atom. The summed E-state index contributed by atoms with van der Waals surface area (Å²) in [6.07, 6.45) is -1.45. The predicted octanol–water partition coefficient (Wildman–Crippen LogP) is 1.99. The average molecular weight is 232 g/mol. The van der Waals surface area contributed by atoms with E-state index in [4.69, 9.17) is 5.11 Å². The van der Waals surface area contributed by atoms with Crippen LogP contribution in [0.1, 0.15) is 18.9 Å². The Bertz CT molecular complexity index is 404. The third-order valence-corrected chi connectivity index (χ3v) is 2.21. The van der Waals surface area contributed by atoms with Crippen LogP contribution < -0.4 is 0 Å². The number of aliphatic hydroxyl groups excluding tert-OH is 1. The molecule has 0 heterocycles. The van der Waals surface area contributed by atoms with E-state index >= 15 is 0 Å². The third kappa shape index (κ3) is 2.82. The summed E-state index contributed by atoms with van der Waals surface area (Å²) < 4.78 is 38.5. The van der Waals surface area contributed by atoms with Crippen LogP contribution in [0.4, 0.5) is 13.2 Å². The molecule has 1 atom stereocenters. The molecule has 1 aromatic rings. The lowest BCUT2D eigenvalue weighted by Crippen LogP contribution is -2.21. The van der Waals surface area contributed by atoms with E-state index < -0.39 is 35.8 Å². The van der Waals surface area contributed by atoms with Crippen molar-refractivity contribution in [2.75, 3.05) is 0 Å². The molecule has 0 aliphatic heterocycles. The summed E-state index contributed by atoms with van der Waals surface area (Å²) in [5.41, 5.74) is -0.253. The van der Waals surface area contributed by atoms with Crippen molar-refractivity contribution in [1.29, 1.82) is 0 Å². The monoisotopic (exact) mass is 232 g/mol. The summed E-state index contributed by atoms with van der Waals surface area (Å²) in [6, 6.07) is 1.02. The minimum Gasteiger partial charge on any atom is -0.385 e. The second-order valence-electron chi connectivity index (χ2n) is 3.42. The smallest absolute Gasteiger partial charge is 0.165 e. The SMILES string of the molecule is CCC(O)C(=O)Cc1cc(F)c(F)cc1F. The molecule has 0 aromatic heterocycles. The molecule has 1 rings (SSSR count). The van der Waals surface area contributed by atoms with Gasteiger partial charge in [-0.3, -0.25) is 4.79 Å². The summed E-state index contributed by atoms with van der Waals surface area (Å²) in [6.45, 7) is 1.59. The number of aliphatic hydroxyl groups is 1. The van der Waals surface area contributed by atoms with Gasteiger partial charge in [-0.2, -0.15) is 0 Å². The van der Waals surface area contributed by atoms with Gasteiger partial charge in [0.05, 0.1) is 0 Å². The molecule has 0 saturated heterocycles. The Hall–Kier alpha value is -1.36. The van der Waals surface area contributed by atoms with Crippen molar-refractivity contribution in [1.82, 2.24) is 0 Å². The molecular formula is C11H11F3O2. The van der Waals surface area contributed by atoms with Crippen LogP contribution in [0.15, 0.2) is 12.1 Å². The van der Waals surface area contributed by atoms with Gasteiger partial charge in [-0.1, -0.05) is 6.92 Å². The van der Waals surface area contributed by atoms with E-state index in [0.717, 1.165) is 0 Å². The summed E-state index contributed by atoms with van der Waals surface area (Å²) in [5.74, 6) is -4.12. The molecule has 16 heavy (non-hydrogen) atoms. The van der Waals surface area contributed by atoms with Gasteiger partial charge in [0, 0.05) is 12.5 Å². The maximum Gasteiger partial charge on any atom is 0.165 e. The predicted molar refractivity (Wildman–Crippen MR) is 51.3 cm³/mol. The number of rotatable bonds is 4. The quantitative estimate of drug-likeness (QED) is 0.806. The fourth-order valence-electron chi connectivity index (χ4n) is 1.23. The zero-order chi connectivity index (χ0) is 12.3. The van der Waals surface area contributed by atoms with Crippen LogP contribution >= 0.6 is 0 Å². The Morgan fingerprint density at radius 1 is 1.25 bits per heavy atom. The maximum absolute atomic E-state index is 13.1. The topological polar surface area (TPSA) is 37.3 Å². The second kappa shape index (κ2) is 5.12. The fourth-order valence-corrected chi connectivity index (χ4v) is 1.23. The maximum atomic E-state index is 13.1. The van der Waals surface area contributed by atoms with Gasteiger partial charge in [0.15, 0.2) is 17.4 Å². The molecule has 5 heteroatoms. The van der Waals surface area contributed by atoms with Gasteiger partial charge in [-0.25, -0.2) is 13.2 Å². The zero-order valence-electron chi connectivity index (χ0n) is 8.64. The largest absolute Gasteiger partial charge is 0.385 e. The average Bonchev–Trinajstić information content (AvgIpc) is 2.24. The number of halogens is 3. The molecule has 1 N–H and O–H groups in total. The highest BCUT2D eigenvalue weighted by Gasteiger charge is 2.17. The van der Waals surface area contributed by atoms with E-state index in [1.807, 2.05) is 0 Å². The molecule has 0 fully saturated rings. The van der Waals surface area contributed by atoms with Crippen molar-refractivity contribution in [3.05, 3.63) is 35.1 Å². The van der Waals surface area contributed by atoms with E-state index in [1.165, 1.54) is 0 Å². The molecule has 0 amide bonds. The number of hydrogen-bond acceptors (Lipinski definition) is 2. The molecule has 1 unspecified atom stereocenters. The van der Waals surface area contributed by atoms with Crippen molar-refractivity contribution < 1.29 is 23.1 Å². The molecule has 2 nitrogen and oxygen atoms in total. The Labute approximate surface area is 90.7 Å². The second-order valence-corrected chi connectivity index (χ2v) is 3.42. The van der Waals surface area contributed by atoms with Crippen molar-refractivity contribution >= 4 is 5.78 Å².